The normalized spacial score (nSPS) is 21.9. The molecule has 1 aromatic rings. The van der Waals surface area contributed by atoms with E-state index < -0.39 is 12.2 Å². The number of anilines is 1. The molecular weight excluding hydrogens is 313 g/mol. The van der Waals surface area contributed by atoms with E-state index in [2.05, 4.69) is 10.6 Å². The number of nitrogens with one attached hydrogen (secondary N) is 2. The summed E-state index contributed by atoms with van der Waals surface area (Å²) in [6.45, 7) is 2.76. The van der Waals surface area contributed by atoms with Crippen LogP contribution in [0.4, 0.5) is 18.9 Å². The lowest BCUT2D eigenvalue weighted by Crippen LogP contribution is -2.40. The summed E-state index contributed by atoms with van der Waals surface area (Å²) >= 11 is 0.909. The zero-order valence-corrected chi connectivity index (χ0v) is 13.1. The number of alkyl halides is 2. The second kappa shape index (κ2) is 7.87. The van der Waals surface area contributed by atoms with E-state index in [9.17, 15) is 18.0 Å². The summed E-state index contributed by atoms with van der Waals surface area (Å²) in [4.78, 5) is 12.8. The molecule has 0 aliphatic carbocycles. The lowest BCUT2D eigenvalue weighted by atomic mass is 9.92. The minimum absolute atomic E-state index is 0.146. The second-order valence-electron chi connectivity index (χ2n) is 5.41. The molecular formula is C15H19F3N2OS. The summed E-state index contributed by atoms with van der Waals surface area (Å²) in [7, 11) is 0. The van der Waals surface area contributed by atoms with Crippen LogP contribution >= 0.6 is 11.8 Å². The van der Waals surface area contributed by atoms with Crippen LogP contribution in [-0.4, -0.2) is 30.7 Å². The molecule has 0 radical (unpaired) electrons. The highest BCUT2D eigenvalue weighted by Gasteiger charge is 2.25. The average molecular weight is 332 g/mol. The van der Waals surface area contributed by atoms with Gasteiger partial charge in [0.15, 0.2) is 0 Å². The van der Waals surface area contributed by atoms with Crippen molar-refractivity contribution in [2.75, 3.05) is 17.6 Å². The molecule has 1 aliphatic rings. The summed E-state index contributed by atoms with van der Waals surface area (Å²) in [5, 5.41) is 5.95. The van der Waals surface area contributed by atoms with Gasteiger partial charge in [0.2, 0.25) is 12.3 Å². The van der Waals surface area contributed by atoms with Crippen molar-refractivity contribution in [3.05, 3.63) is 24.0 Å². The molecule has 1 aliphatic heterocycles. The third kappa shape index (κ3) is 4.91. The van der Waals surface area contributed by atoms with Crippen molar-refractivity contribution >= 4 is 23.4 Å². The highest BCUT2D eigenvalue weighted by molar-refractivity contribution is 7.99. The molecule has 0 aromatic heterocycles. The number of carbonyl (C=O) groups is 1. The van der Waals surface area contributed by atoms with Gasteiger partial charge in [-0.05, 0) is 44.5 Å². The third-order valence-electron chi connectivity index (χ3n) is 3.56. The van der Waals surface area contributed by atoms with Gasteiger partial charge in [0, 0.05) is 16.9 Å². The lowest BCUT2D eigenvalue weighted by Gasteiger charge is -2.27. The van der Waals surface area contributed by atoms with Crippen LogP contribution in [0.15, 0.2) is 23.1 Å². The standard InChI is InChI=1S/C15H19F3N2OS/c1-9-6-10(4-5-19-9)15(21)20-12-7-11(16)2-3-13(12)22-8-14(17)18/h2-3,7,9-10,14,19H,4-6,8H2,1H3,(H,20,21)/t9-,10-/m0/s1. The first-order chi connectivity index (χ1) is 10.5. The van der Waals surface area contributed by atoms with Crippen molar-refractivity contribution in [1.29, 1.82) is 0 Å². The van der Waals surface area contributed by atoms with Crippen molar-refractivity contribution in [1.82, 2.24) is 5.32 Å². The van der Waals surface area contributed by atoms with Gasteiger partial charge in [0.05, 0.1) is 11.4 Å². The zero-order chi connectivity index (χ0) is 16.1. The smallest absolute Gasteiger partial charge is 0.247 e. The molecule has 22 heavy (non-hydrogen) atoms. The van der Waals surface area contributed by atoms with Crippen molar-refractivity contribution in [3.8, 4) is 0 Å². The van der Waals surface area contributed by atoms with Gasteiger partial charge in [-0.1, -0.05) is 0 Å². The highest BCUT2D eigenvalue weighted by Crippen LogP contribution is 2.30. The van der Waals surface area contributed by atoms with E-state index in [0.717, 1.165) is 18.3 Å². The number of hydrogen-bond donors (Lipinski definition) is 2. The van der Waals surface area contributed by atoms with Crippen molar-refractivity contribution in [2.24, 2.45) is 5.92 Å². The molecule has 0 saturated carbocycles. The molecule has 1 aromatic carbocycles. The summed E-state index contributed by atoms with van der Waals surface area (Å²) in [5.41, 5.74) is 0.266. The summed E-state index contributed by atoms with van der Waals surface area (Å²) < 4.78 is 38.1. The summed E-state index contributed by atoms with van der Waals surface area (Å²) in [6, 6.07) is 4.06. The first-order valence-corrected chi connectivity index (χ1v) is 8.19. The molecule has 1 heterocycles. The molecule has 122 valence electrons. The average Bonchev–Trinajstić information content (AvgIpc) is 2.46. The quantitative estimate of drug-likeness (QED) is 0.811. The van der Waals surface area contributed by atoms with Crippen LogP contribution in [0, 0.1) is 11.7 Å². The van der Waals surface area contributed by atoms with Gasteiger partial charge in [0.25, 0.3) is 0 Å². The molecule has 1 saturated heterocycles. The largest absolute Gasteiger partial charge is 0.325 e. The Morgan fingerprint density at radius 2 is 2.27 bits per heavy atom. The third-order valence-corrected chi connectivity index (χ3v) is 4.64. The van der Waals surface area contributed by atoms with Gasteiger partial charge < -0.3 is 10.6 Å². The van der Waals surface area contributed by atoms with Gasteiger partial charge in [-0.15, -0.1) is 11.8 Å². The van der Waals surface area contributed by atoms with Crippen LogP contribution in [0.25, 0.3) is 0 Å². The fourth-order valence-corrected chi connectivity index (χ4v) is 3.22. The fraction of sp³-hybridized carbons (Fsp3) is 0.533. The Hall–Kier alpha value is -1.21. The van der Waals surface area contributed by atoms with Gasteiger partial charge in [0.1, 0.15) is 5.82 Å². The zero-order valence-electron chi connectivity index (χ0n) is 12.2. The van der Waals surface area contributed by atoms with Gasteiger partial charge in [-0.3, -0.25) is 4.79 Å². The Morgan fingerprint density at radius 3 is 2.95 bits per heavy atom. The topological polar surface area (TPSA) is 41.1 Å². The van der Waals surface area contributed by atoms with Gasteiger partial charge in [-0.2, -0.15) is 0 Å². The molecule has 1 amide bonds. The predicted octanol–water partition coefficient (Wildman–Crippen LogP) is 3.51. The Balaban J connectivity index is 2.06. The Bertz CT molecular complexity index is 528. The fourth-order valence-electron chi connectivity index (χ4n) is 2.48. The maximum absolute atomic E-state index is 13.4. The van der Waals surface area contributed by atoms with E-state index in [4.69, 9.17) is 0 Å². The first kappa shape index (κ1) is 17.1. The van der Waals surface area contributed by atoms with Crippen LogP contribution in [0.1, 0.15) is 19.8 Å². The molecule has 2 rings (SSSR count). The highest BCUT2D eigenvalue weighted by atomic mass is 32.2. The first-order valence-electron chi connectivity index (χ1n) is 7.20. The van der Waals surface area contributed by atoms with Crippen LogP contribution < -0.4 is 10.6 Å². The van der Waals surface area contributed by atoms with Crippen molar-refractivity contribution < 1.29 is 18.0 Å². The number of benzene rings is 1. The SMILES string of the molecule is C[C@H]1C[C@@H](C(=O)Nc2cc(F)ccc2SCC(F)F)CCN1. The van der Waals surface area contributed by atoms with E-state index in [0.29, 0.717) is 17.7 Å². The lowest BCUT2D eigenvalue weighted by molar-refractivity contribution is -0.120. The maximum atomic E-state index is 13.4. The van der Waals surface area contributed by atoms with E-state index in [1.807, 2.05) is 6.92 Å². The van der Waals surface area contributed by atoms with E-state index in [-0.39, 0.29) is 29.3 Å². The number of hydrogen-bond acceptors (Lipinski definition) is 3. The predicted molar refractivity (Wildman–Crippen MR) is 81.9 cm³/mol. The number of rotatable bonds is 5. The van der Waals surface area contributed by atoms with Gasteiger partial charge >= 0.3 is 0 Å². The van der Waals surface area contributed by atoms with Gasteiger partial charge in [-0.25, -0.2) is 13.2 Å². The second-order valence-corrected chi connectivity index (χ2v) is 6.47. The maximum Gasteiger partial charge on any atom is 0.247 e. The number of thioether (sulfide) groups is 1. The molecule has 0 spiro atoms. The molecule has 0 unspecified atom stereocenters. The molecule has 2 N–H and O–H groups in total. The Labute approximate surface area is 132 Å². The van der Waals surface area contributed by atoms with E-state index in [1.54, 1.807) is 0 Å². The number of carbonyl (C=O) groups excluding carboxylic acids is 1. The van der Waals surface area contributed by atoms with E-state index >= 15 is 0 Å². The Kier molecular flexibility index (Phi) is 6.14. The number of halogens is 3. The summed E-state index contributed by atoms with van der Waals surface area (Å²) in [6.07, 6.45) is -1.03. The van der Waals surface area contributed by atoms with Crippen molar-refractivity contribution in [3.63, 3.8) is 0 Å². The monoisotopic (exact) mass is 332 g/mol. The molecule has 0 bridgehead atoms. The minimum Gasteiger partial charge on any atom is -0.325 e. The molecule has 1 fully saturated rings. The van der Waals surface area contributed by atoms with Crippen LogP contribution in [0.3, 0.4) is 0 Å². The molecule has 2 atom stereocenters. The van der Waals surface area contributed by atoms with Crippen LogP contribution in [0.2, 0.25) is 0 Å². The number of amides is 1. The molecule has 3 nitrogen and oxygen atoms in total. The number of piperidine rings is 1. The van der Waals surface area contributed by atoms with E-state index in [1.165, 1.54) is 18.2 Å². The summed E-state index contributed by atoms with van der Waals surface area (Å²) in [5.74, 6) is -1.22. The van der Waals surface area contributed by atoms with Crippen LogP contribution in [0.5, 0.6) is 0 Å². The minimum atomic E-state index is -2.45. The van der Waals surface area contributed by atoms with Crippen molar-refractivity contribution in [2.45, 2.75) is 37.1 Å². The van der Waals surface area contributed by atoms with Crippen LogP contribution in [-0.2, 0) is 4.79 Å². The Morgan fingerprint density at radius 1 is 1.50 bits per heavy atom. The molecule has 7 heteroatoms.